The summed E-state index contributed by atoms with van der Waals surface area (Å²) in [6.07, 6.45) is -1.66. The molecule has 194 valence electrons. The third-order valence-electron chi connectivity index (χ3n) is 5.82. The molecule has 2 aromatic heterocycles. The van der Waals surface area contributed by atoms with Gasteiger partial charge in [0.15, 0.2) is 29.2 Å². The molecule has 0 spiro atoms. The number of ether oxygens (including phenoxy) is 4. The van der Waals surface area contributed by atoms with Gasteiger partial charge in [0.2, 0.25) is 0 Å². The summed E-state index contributed by atoms with van der Waals surface area (Å²) in [6, 6.07) is 16.7. The van der Waals surface area contributed by atoms with E-state index >= 15 is 0 Å². The Morgan fingerprint density at radius 3 is 2.21 bits per heavy atom. The van der Waals surface area contributed by atoms with Gasteiger partial charge in [-0.3, -0.25) is 9.36 Å². The molecule has 1 aliphatic rings. The summed E-state index contributed by atoms with van der Waals surface area (Å²) >= 11 is 6.15. The van der Waals surface area contributed by atoms with Gasteiger partial charge < -0.3 is 18.9 Å². The lowest BCUT2D eigenvalue weighted by molar-refractivity contribution is -0.156. The van der Waals surface area contributed by atoms with Crippen molar-refractivity contribution in [2.45, 2.75) is 31.5 Å². The molecule has 1 fully saturated rings. The van der Waals surface area contributed by atoms with E-state index in [1.54, 1.807) is 60.7 Å². The maximum atomic E-state index is 13.0. The van der Waals surface area contributed by atoms with Gasteiger partial charge in [-0.15, -0.1) is 0 Å². The summed E-state index contributed by atoms with van der Waals surface area (Å²) in [5.74, 6) is -1.90. The second kappa shape index (κ2) is 11.0. The Morgan fingerprint density at radius 1 is 0.895 bits per heavy atom. The van der Waals surface area contributed by atoms with E-state index in [9.17, 15) is 14.4 Å². The van der Waals surface area contributed by atoms with Crippen molar-refractivity contribution in [1.82, 2.24) is 19.5 Å². The van der Waals surface area contributed by atoms with Crippen LogP contribution in [-0.2, 0) is 23.7 Å². The van der Waals surface area contributed by atoms with Gasteiger partial charge in [-0.05, 0) is 24.3 Å². The van der Waals surface area contributed by atoms with Gasteiger partial charge in [0.05, 0.1) is 17.5 Å². The van der Waals surface area contributed by atoms with Crippen molar-refractivity contribution in [1.29, 1.82) is 0 Å². The Balaban J connectivity index is 1.48. The largest absolute Gasteiger partial charge is 0.459 e. The van der Waals surface area contributed by atoms with E-state index in [0.29, 0.717) is 16.7 Å². The van der Waals surface area contributed by atoms with Crippen LogP contribution in [0.15, 0.2) is 73.3 Å². The lowest BCUT2D eigenvalue weighted by Gasteiger charge is -2.24. The number of hydrogen-bond acceptors (Lipinski definition) is 10. The van der Waals surface area contributed by atoms with Crippen LogP contribution >= 0.6 is 11.6 Å². The monoisotopic (exact) mass is 536 g/mol. The van der Waals surface area contributed by atoms with Crippen LogP contribution in [0.25, 0.3) is 11.2 Å². The number of carbonyl (C=O) groups excluding carboxylic acids is 3. The van der Waals surface area contributed by atoms with Crippen LogP contribution in [0.1, 0.15) is 33.9 Å². The van der Waals surface area contributed by atoms with Gasteiger partial charge in [-0.2, -0.15) is 0 Å². The average molecular weight is 537 g/mol. The summed E-state index contributed by atoms with van der Waals surface area (Å²) in [4.78, 5) is 50.1. The lowest BCUT2D eigenvalue weighted by atomic mass is 10.1. The normalized spacial score (nSPS) is 20.7. The minimum absolute atomic E-state index is 0.121. The standard InChI is InChI=1S/C26H21ClN4O7/c1-15(32)36-21-20(38-26(34)17-10-6-3-7-11-17)18(12-35-25(33)16-8-4-2-5-9-16)37-24(21)31-14-30-19-22(27)28-13-29-23(19)31/h2-11,13-14,18,20-21,24H,12H2,1H3. The fourth-order valence-electron chi connectivity index (χ4n) is 4.12. The second-order valence-corrected chi connectivity index (χ2v) is 8.69. The Morgan fingerprint density at radius 2 is 1.55 bits per heavy atom. The van der Waals surface area contributed by atoms with Gasteiger partial charge in [0.25, 0.3) is 0 Å². The number of carbonyl (C=O) groups is 3. The zero-order valence-corrected chi connectivity index (χ0v) is 20.7. The smallest absolute Gasteiger partial charge is 0.338 e. The average Bonchev–Trinajstić information content (AvgIpc) is 3.50. The molecule has 0 amide bonds. The van der Waals surface area contributed by atoms with Crippen molar-refractivity contribution in [2.75, 3.05) is 6.61 Å². The molecule has 12 heteroatoms. The van der Waals surface area contributed by atoms with Crippen molar-refractivity contribution >= 4 is 40.7 Å². The van der Waals surface area contributed by atoms with Crippen LogP contribution in [0, 0.1) is 0 Å². The number of benzene rings is 2. The fraction of sp³-hybridized carbons (Fsp3) is 0.231. The molecule has 1 saturated heterocycles. The number of halogens is 1. The number of hydrogen-bond donors (Lipinski definition) is 0. The van der Waals surface area contributed by atoms with Crippen LogP contribution in [0.4, 0.5) is 0 Å². The van der Waals surface area contributed by atoms with Gasteiger partial charge in [0.1, 0.15) is 24.6 Å². The summed E-state index contributed by atoms with van der Waals surface area (Å²) in [7, 11) is 0. The maximum absolute atomic E-state index is 13.0. The molecule has 0 saturated carbocycles. The first-order valence-corrected chi connectivity index (χ1v) is 11.9. The molecule has 3 heterocycles. The molecule has 5 rings (SSSR count). The first-order valence-electron chi connectivity index (χ1n) is 11.6. The number of rotatable bonds is 7. The van der Waals surface area contributed by atoms with Gasteiger partial charge >= 0.3 is 17.9 Å². The summed E-state index contributed by atoms with van der Waals surface area (Å²) in [6.45, 7) is 0.929. The highest BCUT2D eigenvalue weighted by molar-refractivity contribution is 6.33. The minimum Gasteiger partial charge on any atom is -0.459 e. The predicted octanol–water partition coefficient (Wildman–Crippen LogP) is 3.39. The Kier molecular flexibility index (Phi) is 7.29. The Bertz CT molecular complexity index is 1460. The zero-order chi connectivity index (χ0) is 26.6. The SMILES string of the molecule is CC(=O)OC1C(OC(=O)c2ccccc2)C(COC(=O)c2ccccc2)OC1n1cnc2c(Cl)ncnc21. The fourth-order valence-corrected chi connectivity index (χ4v) is 4.29. The molecule has 4 atom stereocenters. The molecule has 4 aromatic rings. The first-order chi connectivity index (χ1) is 18.4. The highest BCUT2D eigenvalue weighted by Gasteiger charge is 2.51. The molecule has 0 radical (unpaired) electrons. The van der Waals surface area contributed by atoms with Crippen molar-refractivity contribution in [3.8, 4) is 0 Å². The molecule has 1 aliphatic heterocycles. The highest BCUT2D eigenvalue weighted by atomic mass is 35.5. The van der Waals surface area contributed by atoms with E-state index in [-0.39, 0.29) is 17.3 Å². The quantitative estimate of drug-likeness (QED) is 0.197. The number of fused-ring (bicyclic) bond motifs is 1. The molecule has 4 unspecified atom stereocenters. The zero-order valence-electron chi connectivity index (χ0n) is 20.0. The third-order valence-corrected chi connectivity index (χ3v) is 6.09. The van der Waals surface area contributed by atoms with E-state index in [2.05, 4.69) is 15.0 Å². The lowest BCUT2D eigenvalue weighted by Crippen LogP contribution is -2.41. The van der Waals surface area contributed by atoms with Crippen LogP contribution in [-0.4, -0.2) is 62.3 Å². The molecular weight excluding hydrogens is 516 g/mol. The molecule has 38 heavy (non-hydrogen) atoms. The number of imidazole rings is 1. The van der Waals surface area contributed by atoms with Crippen LogP contribution in [0.3, 0.4) is 0 Å². The molecule has 2 aromatic carbocycles. The Hall–Kier alpha value is -4.35. The van der Waals surface area contributed by atoms with Crippen LogP contribution in [0.2, 0.25) is 5.15 Å². The molecular formula is C26H21ClN4O7. The van der Waals surface area contributed by atoms with Crippen molar-refractivity contribution in [2.24, 2.45) is 0 Å². The van der Waals surface area contributed by atoms with E-state index in [1.165, 1.54) is 24.1 Å². The summed E-state index contributed by atoms with van der Waals surface area (Å²) in [5.41, 5.74) is 1.23. The molecule has 0 N–H and O–H groups in total. The van der Waals surface area contributed by atoms with E-state index < -0.39 is 42.4 Å². The molecule has 0 aliphatic carbocycles. The maximum Gasteiger partial charge on any atom is 0.338 e. The van der Waals surface area contributed by atoms with Crippen molar-refractivity contribution in [3.05, 3.63) is 89.6 Å². The Labute approximate surface area is 221 Å². The second-order valence-electron chi connectivity index (χ2n) is 8.33. The topological polar surface area (TPSA) is 132 Å². The number of nitrogens with zero attached hydrogens (tertiary/aromatic N) is 4. The summed E-state index contributed by atoms with van der Waals surface area (Å²) in [5, 5.41) is 0.121. The van der Waals surface area contributed by atoms with E-state index in [0.717, 1.165) is 0 Å². The minimum atomic E-state index is -1.14. The van der Waals surface area contributed by atoms with Gasteiger partial charge in [-0.1, -0.05) is 48.0 Å². The third kappa shape index (κ3) is 5.20. The van der Waals surface area contributed by atoms with Crippen LogP contribution in [0.5, 0.6) is 0 Å². The van der Waals surface area contributed by atoms with Crippen molar-refractivity contribution in [3.63, 3.8) is 0 Å². The molecule has 11 nitrogen and oxygen atoms in total. The van der Waals surface area contributed by atoms with E-state index in [1.807, 2.05) is 0 Å². The first kappa shape index (κ1) is 25.3. The van der Waals surface area contributed by atoms with Gasteiger partial charge in [-0.25, -0.2) is 24.5 Å². The summed E-state index contributed by atoms with van der Waals surface area (Å²) < 4.78 is 24.6. The van der Waals surface area contributed by atoms with Crippen molar-refractivity contribution < 1.29 is 33.3 Å². The number of esters is 3. The van der Waals surface area contributed by atoms with Gasteiger partial charge in [0, 0.05) is 6.92 Å². The molecule has 0 bridgehead atoms. The predicted molar refractivity (Wildman–Crippen MR) is 132 cm³/mol. The highest BCUT2D eigenvalue weighted by Crippen LogP contribution is 2.36. The number of aromatic nitrogens is 4. The van der Waals surface area contributed by atoms with E-state index in [4.69, 9.17) is 30.5 Å². The van der Waals surface area contributed by atoms with Crippen LogP contribution < -0.4 is 0 Å².